The van der Waals surface area contributed by atoms with Gasteiger partial charge in [0, 0.05) is 10.9 Å². The lowest BCUT2D eigenvalue weighted by Crippen LogP contribution is -2.38. The SMILES string of the molecule is CNC(Cc1ccc(Br)s1)C1CCC(C)(C)CC1. The quantitative estimate of drug-likeness (QED) is 0.831. The summed E-state index contributed by atoms with van der Waals surface area (Å²) >= 11 is 5.42. The van der Waals surface area contributed by atoms with E-state index < -0.39 is 0 Å². The summed E-state index contributed by atoms with van der Waals surface area (Å²) in [7, 11) is 2.12. The van der Waals surface area contributed by atoms with Crippen molar-refractivity contribution < 1.29 is 0 Å². The van der Waals surface area contributed by atoms with Gasteiger partial charge < -0.3 is 5.32 Å². The van der Waals surface area contributed by atoms with Crippen LogP contribution >= 0.6 is 27.3 Å². The fourth-order valence-corrected chi connectivity index (χ4v) is 4.55. The number of nitrogens with one attached hydrogen (secondary N) is 1. The van der Waals surface area contributed by atoms with Gasteiger partial charge >= 0.3 is 0 Å². The Morgan fingerprint density at radius 2 is 2.06 bits per heavy atom. The average molecular weight is 330 g/mol. The lowest BCUT2D eigenvalue weighted by atomic mass is 9.70. The molecule has 2 rings (SSSR count). The first-order valence-electron chi connectivity index (χ1n) is 6.92. The smallest absolute Gasteiger partial charge is 0.0701 e. The van der Waals surface area contributed by atoms with Gasteiger partial charge in [-0.25, -0.2) is 0 Å². The second kappa shape index (κ2) is 6.06. The molecule has 0 saturated heterocycles. The van der Waals surface area contributed by atoms with Crippen LogP contribution in [0.3, 0.4) is 0 Å². The minimum absolute atomic E-state index is 0.570. The molecule has 1 aromatic rings. The molecule has 0 spiro atoms. The molecule has 0 aromatic carbocycles. The molecule has 3 heteroatoms. The van der Waals surface area contributed by atoms with E-state index in [2.05, 4.69) is 54.3 Å². The molecule has 1 saturated carbocycles. The molecular formula is C15H24BrNS. The zero-order valence-corrected chi connectivity index (χ0v) is 14.0. The molecular weight excluding hydrogens is 306 g/mol. The largest absolute Gasteiger partial charge is 0.316 e. The van der Waals surface area contributed by atoms with Gasteiger partial charge in [0.2, 0.25) is 0 Å². The van der Waals surface area contributed by atoms with Crippen LogP contribution in [0.5, 0.6) is 0 Å². The molecule has 1 atom stereocenters. The van der Waals surface area contributed by atoms with Gasteiger partial charge in [0.1, 0.15) is 0 Å². The highest BCUT2D eigenvalue weighted by Gasteiger charge is 2.30. The zero-order chi connectivity index (χ0) is 13.2. The summed E-state index contributed by atoms with van der Waals surface area (Å²) in [6.45, 7) is 4.82. The molecule has 0 amide bonds. The second-order valence-electron chi connectivity index (χ2n) is 6.31. The van der Waals surface area contributed by atoms with Gasteiger partial charge in [-0.05, 0) is 78.5 Å². The Kier molecular flexibility index (Phi) is 4.90. The van der Waals surface area contributed by atoms with Crippen molar-refractivity contribution in [3.05, 3.63) is 20.8 Å². The predicted octanol–water partition coefficient (Wildman–Crippen LogP) is 4.86. The van der Waals surface area contributed by atoms with Crippen LogP contribution in [0.4, 0.5) is 0 Å². The van der Waals surface area contributed by atoms with Crippen LogP contribution in [-0.4, -0.2) is 13.1 Å². The third kappa shape index (κ3) is 3.82. The molecule has 0 bridgehead atoms. The average Bonchev–Trinajstić information content (AvgIpc) is 2.72. The first-order chi connectivity index (χ1) is 8.50. The summed E-state index contributed by atoms with van der Waals surface area (Å²) in [5, 5.41) is 3.55. The summed E-state index contributed by atoms with van der Waals surface area (Å²) in [5.74, 6) is 0.851. The highest BCUT2D eigenvalue weighted by atomic mass is 79.9. The molecule has 1 aliphatic carbocycles. The van der Waals surface area contributed by atoms with Crippen molar-refractivity contribution in [1.82, 2.24) is 5.32 Å². The summed E-state index contributed by atoms with van der Waals surface area (Å²) in [6, 6.07) is 5.06. The third-order valence-electron chi connectivity index (χ3n) is 4.37. The minimum atomic E-state index is 0.570. The molecule has 1 N–H and O–H groups in total. The topological polar surface area (TPSA) is 12.0 Å². The van der Waals surface area contributed by atoms with E-state index in [0.717, 1.165) is 5.92 Å². The van der Waals surface area contributed by atoms with E-state index >= 15 is 0 Å². The standard InChI is InChI=1S/C15H24BrNS/c1-15(2)8-6-11(7-9-15)13(17-3)10-12-4-5-14(16)18-12/h4-5,11,13,17H,6-10H2,1-3H3. The van der Waals surface area contributed by atoms with Crippen molar-refractivity contribution in [3.8, 4) is 0 Å². The van der Waals surface area contributed by atoms with Gasteiger partial charge in [-0.2, -0.15) is 0 Å². The number of likely N-dealkylation sites (N-methyl/N-ethyl adjacent to an activating group) is 1. The van der Waals surface area contributed by atoms with Crippen molar-refractivity contribution in [2.75, 3.05) is 7.05 Å². The molecule has 1 aromatic heterocycles. The molecule has 18 heavy (non-hydrogen) atoms. The molecule has 1 unspecified atom stereocenters. The van der Waals surface area contributed by atoms with E-state index in [9.17, 15) is 0 Å². The summed E-state index contributed by atoms with van der Waals surface area (Å²) < 4.78 is 1.25. The normalized spacial score (nSPS) is 22.0. The van der Waals surface area contributed by atoms with Gasteiger partial charge in [0.25, 0.3) is 0 Å². The van der Waals surface area contributed by atoms with Crippen LogP contribution in [0.2, 0.25) is 0 Å². The van der Waals surface area contributed by atoms with E-state index in [1.54, 1.807) is 0 Å². The summed E-state index contributed by atoms with van der Waals surface area (Å²) in [5.41, 5.74) is 0.570. The van der Waals surface area contributed by atoms with Crippen molar-refractivity contribution in [2.45, 2.75) is 52.0 Å². The van der Waals surface area contributed by atoms with Crippen molar-refractivity contribution >= 4 is 27.3 Å². The molecule has 1 heterocycles. The molecule has 1 fully saturated rings. The molecule has 0 radical (unpaired) electrons. The van der Waals surface area contributed by atoms with E-state index in [-0.39, 0.29) is 0 Å². The fraction of sp³-hybridized carbons (Fsp3) is 0.733. The van der Waals surface area contributed by atoms with Crippen LogP contribution in [0.1, 0.15) is 44.4 Å². The van der Waals surface area contributed by atoms with E-state index in [1.807, 2.05) is 11.3 Å². The molecule has 1 aliphatic rings. The Hall–Kier alpha value is 0.140. The van der Waals surface area contributed by atoms with Crippen LogP contribution in [0.15, 0.2) is 15.9 Å². The van der Waals surface area contributed by atoms with Crippen LogP contribution in [-0.2, 0) is 6.42 Å². The Balaban J connectivity index is 1.93. The van der Waals surface area contributed by atoms with Crippen LogP contribution in [0, 0.1) is 11.3 Å². The maximum Gasteiger partial charge on any atom is 0.0701 e. The predicted molar refractivity (Wildman–Crippen MR) is 84.3 cm³/mol. The summed E-state index contributed by atoms with van der Waals surface area (Å²) in [6.07, 6.45) is 6.70. The number of hydrogen-bond acceptors (Lipinski definition) is 2. The van der Waals surface area contributed by atoms with E-state index in [4.69, 9.17) is 0 Å². The van der Waals surface area contributed by atoms with Gasteiger partial charge in [-0.1, -0.05) is 13.8 Å². The Morgan fingerprint density at radius 1 is 1.39 bits per heavy atom. The Labute approximate surface area is 123 Å². The van der Waals surface area contributed by atoms with Crippen molar-refractivity contribution in [2.24, 2.45) is 11.3 Å². The first-order valence-corrected chi connectivity index (χ1v) is 8.52. The van der Waals surface area contributed by atoms with Gasteiger partial charge in [0.15, 0.2) is 0 Å². The Bertz CT molecular complexity index is 376. The molecule has 0 aliphatic heterocycles. The number of hydrogen-bond donors (Lipinski definition) is 1. The number of thiophene rings is 1. The maximum atomic E-state index is 3.55. The Morgan fingerprint density at radius 3 is 2.56 bits per heavy atom. The highest BCUT2D eigenvalue weighted by molar-refractivity contribution is 9.11. The number of rotatable bonds is 4. The van der Waals surface area contributed by atoms with E-state index in [1.165, 1.54) is 40.8 Å². The third-order valence-corrected chi connectivity index (χ3v) is 6.02. The van der Waals surface area contributed by atoms with Gasteiger partial charge in [-0.15, -0.1) is 11.3 Å². The second-order valence-corrected chi connectivity index (χ2v) is 8.85. The minimum Gasteiger partial charge on any atom is -0.316 e. The van der Waals surface area contributed by atoms with Crippen LogP contribution < -0.4 is 5.32 Å². The lowest BCUT2D eigenvalue weighted by Gasteiger charge is -2.38. The first kappa shape index (κ1) is 14.5. The molecule has 1 nitrogen and oxygen atoms in total. The van der Waals surface area contributed by atoms with Gasteiger partial charge in [-0.3, -0.25) is 0 Å². The summed E-state index contributed by atoms with van der Waals surface area (Å²) in [4.78, 5) is 1.49. The van der Waals surface area contributed by atoms with E-state index in [0.29, 0.717) is 11.5 Å². The maximum absolute atomic E-state index is 3.55. The number of halogens is 1. The highest BCUT2D eigenvalue weighted by Crippen LogP contribution is 2.40. The van der Waals surface area contributed by atoms with Crippen molar-refractivity contribution in [1.29, 1.82) is 0 Å². The van der Waals surface area contributed by atoms with Crippen molar-refractivity contribution in [3.63, 3.8) is 0 Å². The zero-order valence-electron chi connectivity index (χ0n) is 11.6. The van der Waals surface area contributed by atoms with Crippen LogP contribution in [0.25, 0.3) is 0 Å². The monoisotopic (exact) mass is 329 g/mol. The fourth-order valence-electron chi connectivity index (χ4n) is 3.01. The molecule has 102 valence electrons. The lowest BCUT2D eigenvalue weighted by molar-refractivity contribution is 0.164. The van der Waals surface area contributed by atoms with Gasteiger partial charge in [0.05, 0.1) is 3.79 Å².